The number of nitrogens with one attached hydrogen (secondary N) is 1. The normalized spacial score (nSPS) is 35.5. The fourth-order valence-electron chi connectivity index (χ4n) is 3.87. The number of nitrogens with two attached hydrogens (primary N) is 3. The Kier molecular flexibility index (Phi) is 7.88. The van der Waals surface area contributed by atoms with Gasteiger partial charge >= 0.3 is 0 Å². The minimum atomic E-state index is 0.708. The summed E-state index contributed by atoms with van der Waals surface area (Å²) in [6.07, 6.45) is 13.0. The summed E-state index contributed by atoms with van der Waals surface area (Å²) >= 11 is 0. The molecule has 3 atom stereocenters. The van der Waals surface area contributed by atoms with Gasteiger partial charge in [0, 0.05) is 6.92 Å². The molecule has 0 saturated carbocycles. The van der Waals surface area contributed by atoms with Gasteiger partial charge in [-0.05, 0) is 44.9 Å². The van der Waals surface area contributed by atoms with E-state index >= 15 is 0 Å². The molecule has 0 amide bonds. The zero-order valence-electron chi connectivity index (χ0n) is 13.6. The highest BCUT2D eigenvalue weighted by atomic mass is 15.3. The van der Waals surface area contributed by atoms with Crippen molar-refractivity contribution in [3.63, 3.8) is 0 Å². The first kappa shape index (κ1) is 16.2. The maximum absolute atomic E-state index is 2.67. The van der Waals surface area contributed by atoms with Gasteiger partial charge in [0.2, 0.25) is 12.3 Å². The minimum Gasteiger partial charge on any atom is -0.342 e. The van der Waals surface area contributed by atoms with Crippen molar-refractivity contribution in [2.45, 2.75) is 70.6 Å². The third-order valence-electron chi connectivity index (χ3n) is 5.14. The second-order valence-electron chi connectivity index (χ2n) is 6.97. The summed E-state index contributed by atoms with van der Waals surface area (Å²) in [6.45, 7) is 9.18. The molecule has 0 aromatic heterocycles. The predicted molar refractivity (Wildman–Crippen MR) is 81.3 cm³/mol. The summed E-state index contributed by atoms with van der Waals surface area (Å²) in [5.41, 5.74) is 0. The molecule has 2 fully saturated rings. The molecule has 2 aliphatic rings. The van der Waals surface area contributed by atoms with E-state index in [1.54, 1.807) is 0 Å². The van der Waals surface area contributed by atoms with Crippen LogP contribution in [0.25, 0.3) is 0 Å². The molecular formula is C16H38N4+4. The number of hydrogen-bond donors (Lipinski definition) is 4. The largest absolute Gasteiger partial charge is 0.342 e. The van der Waals surface area contributed by atoms with Crippen LogP contribution in [0, 0.1) is 0 Å². The van der Waals surface area contributed by atoms with Crippen LogP contribution >= 0.6 is 0 Å². The molecule has 2 aliphatic heterocycles. The van der Waals surface area contributed by atoms with E-state index in [1.807, 2.05) is 4.90 Å². The van der Waals surface area contributed by atoms with Crippen LogP contribution in [-0.4, -0.2) is 45.1 Å². The summed E-state index contributed by atoms with van der Waals surface area (Å²) in [7, 11) is 0. The second kappa shape index (κ2) is 9.72. The standard InChI is InChI=1S/C16H34N4/c1-15-18-11-7-3-2-6-10-17-12-14-20-13-8-4-5-9-16(20)19-15/h15-19H,2-14H2,1H3/p+4. The molecule has 2 heterocycles. The maximum Gasteiger partial charge on any atom is 0.216 e. The minimum absolute atomic E-state index is 0.708. The summed E-state index contributed by atoms with van der Waals surface area (Å²) in [4.78, 5) is 1.87. The van der Waals surface area contributed by atoms with Crippen molar-refractivity contribution >= 4 is 0 Å². The van der Waals surface area contributed by atoms with Gasteiger partial charge in [-0.1, -0.05) is 0 Å². The average Bonchev–Trinajstić information content (AvgIpc) is 2.66. The summed E-state index contributed by atoms with van der Waals surface area (Å²) < 4.78 is 0. The van der Waals surface area contributed by atoms with Gasteiger partial charge < -0.3 is 5.32 Å². The van der Waals surface area contributed by atoms with Crippen molar-refractivity contribution < 1.29 is 20.9 Å². The first-order chi connectivity index (χ1) is 9.86. The molecule has 2 saturated heterocycles. The van der Waals surface area contributed by atoms with Crippen LogP contribution in [0.3, 0.4) is 0 Å². The van der Waals surface area contributed by atoms with Crippen molar-refractivity contribution in [2.24, 2.45) is 0 Å². The lowest BCUT2D eigenvalue weighted by molar-refractivity contribution is -1.08. The van der Waals surface area contributed by atoms with Crippen LogP contribution in [0.15, 0.2) is 0 Å². The van der Waals surface area contributed by atoms with Crippen molar-refractivity contribution in [3.05, 3.63) is 0 Å². The lowest BCUT2D eigenvalue weighted by Gasteiger charge is -2.26. The van der Waals surface area contributed by atoms with E-state index in [-0.39, 0.29) is 0 Å². The van der Waals surface area contributed by atoms with Gasteiger partial charge in [-0.2, -0.15) is 0 Å². The Bertz CT molecular complexity index is 247. The topological polar surface area (TPSA) is 54.3 Å². The van der Waals surface area contributed by atoms with Crippen LogP contribution in [0.5, 0.6) is 0 Å². The first-order valence-electron chi connectivity index (χ1n) is 9.21. The Morgan fingerprint density at radius 3 is 2.50 bits per heavy atom. The average molecular weight is 287 g/mol. The molecule has 0 bridgehead atoms. The molecule has 0 radical (unpaired) electrons. The number of hydrogen-bond acceptors (Lipinski definition) is 0. The molecular weight excluding hydrogens is 248 g/mol. The van der Waals surface area contributed by atoms with Gasteiger partial charge in [0.05, 0.1) is 26.1 Å². The van der Waals surface area contributed by atoms with E-state index < -0.39 is 0 Å². The molecule has 7 N–H and O–H groups in total. The van der Waals surface area contributed by atoms with Crippen LogP contribution in [0.1, 0.15) is 58.3 Å². The molecule has 0 aromatic rings. The summed E-state index contributed by atoms with van der Waals surface area (Å²) in [5.74, 6) is 0. The molecule has 4 nitrogen and oxygen atoms in total. The highest BCUT2D eigenvalue weighted by Gasteiger charge is 2.29. The fourth-order valence-corrected chi connectivity index (χ4v) is 3.87. The highest BCUT2D eigenvalue weighted by Crippen LogP contribution is 2.01. The second-order valence-corrected chi connectivity index (χ2v) is 6.97. The van der Waals surface area contributed by atoms with Crippen LogP contribution in [0.4, 0.5) is 0 Å². The number of rotatable bonds is 0. The quantitative estimate of drug-likeness (QED) is 0.377. The zero-order chi connectivity index (χ0) is 14.0. The predicted octanol–water partition coefficient (Wildman–Crippen LogP) is -2.62. The van der Waals surface area contributed by atoms with Crippen molar-refractivity contribution in [1.29, 1.82) is 0 Å². The van der Waals surface area contributed by atoms with Gasteiger partial charge in [0.15, 0.2) is 0 Å². The van der Waals surface area contributed by atoms with Crippen molar-refractivity contribution in [1.82, 2.24) is 0 Å². The van der Waals surface area contributed by atoms with Crippen molar-refractivity contribution in [3.8, 4) is 0 Å². The number of fused-ring (bicyclic) bond motifs is 1. The molecule has 4 heteroatoms. The zero-order valence-corrected chi connectivity index (χ0v) is 13.6. The maximum atomic E-state index is 2.67. The molecule has 0 aromatic carbocycles. The van der Waals surface area contributed by atoms with E-state index in [0.29, 0.717) is 6.17 Å². The monoisotopic (exact) mass is 286 g/mol. The molecule has 2 rings (SSSR count). The molecule has 20 heavy (non-hydrogen) atoms. The summed E-state index contributed by atoms with van der Waals surface area (Å²) in [6, 6.07) is 0. The summed E-state index contributed by atoms with van der Waals surface area (Å²) in [5, 5.41) is 7.81. The van der Waals surface area contributed by atoms with Gasteiger partial charge in [-0.15, -0.1) is 0 Å². The third-order valence-corrected chi connectivity index (χ3v) is 5.14. The van der Waals surface area contributed by atoms with Crippen LogP contribution in [0.2, 0.25) is 0 Å². The van der Waals surface area contributed by atoms with Crippen LogP contribution < -0.4 is 20.9 Å². The molecule has 0 aliphatic carbocycles. The molecule has 118 valence electrons. The van der Waals surface area contributed by atoms with E-state index in [9.17, 15) is 0 Å². The van der Waals surface area contributed by atoms with Gasteiger partial charge in [0.1, 0.15) is 13.1 Å². The Hall–Kier alpha value is -0.160. The van der Waals surface area contributed by atoms with Gasteiger partial charge in [-0.25, -0.2) is 5.32 Å². The van der Waals surface area contributed by atoms with Gasteiger partial charge in [0.25, 0.3) is 0 Å². The molecule has 3 unspecified atom stereocenters. The molecule has 0 spiro atoms. The van der Waals surface area contributed by atoms with Crippen LogP contribution in [-0.2, 0) is 0 Å². The Labute approximate surface area is 125 Å². The lowest BCUT2D eigenvalue weighted by atomic mass is 10.2. The smallest absolute Gasteiger partial charge is 0.216 e. The van der Waals surface area contributed by atoms with Crippen molar-refractivity contribution in [2.75, 3.05) is 32.7 Å². The lowest BCUT2D eigenvalue weighted by Crippen LogP contribution is -3.32. The fraction of sp³-hybridized carbons (Fsp3) is 1.00. The van der Waals surface area contributed by atoms with E-state index in [4.69, 9.17) is 0 Å². The first-order valence-corrected chi connectivity index (χ1v) is 9.21. The van der Waals surface area contributed by atoms with Gasteiger partial charge in [-0.3, -0.25) is 10.2 Å². The Morgan fingerprint density at radius 1 is 0.800 bits per heavy atom. The van der Waals surface area contributed by atoms with E-state index in [2.05, 4.69) is 22.9 Å². The Morgan fingerprint density at radius 2 is 1.60 bits per heavy atom. The van der Waals surface area contributed by atoms with E-state index in [0.717, 1.165) is 6.17 Å². The highest BCUT2D eigenvalue weighted by molar-refractivity contribution is 4.50. The SMILES string of the molecule is CC1[NH2+]CCCCCC[NH2+]CC[NH+]2CCCCCC2[NH2+]1. The number of quaternary nitrogens is 4. The third kappa shape index (κ3) is 6.08. The Balaban J connectivity index is 1.87. The van der Waals surface area contributed by atoms with E-state index in [1.165, 1.54) is 84.1 Å².